The Morgan fingerprint density at radius 1 is 0.613 bits per heavy atom. The summed E-state index contributed by atoms with van der Waals surface area (Å²) in [5.74, 6) is -1.86. The Hall–Kier alpha value is -1.16. The van der Waals surface area contributed by atoms with Gasteiger partial charge in [-0.15, -0.1) is 0 Å². The SMILES string of the molecule is CCCCCCCCCCCCCCCCCC(=O)O[C@@H](C)C(=O)O[C@@H](C)C(=O)OP. The van der Waals surface area contributed by atoms with Crippen molar-refractivity contribution in [3.05, 3.63) is 0 Å². The van der Waals surface area contributed by atoms with E-state index in [-0.39, 0.29) is 0 Å². The fraction of sp³-hybridized carbons (Fsp3) is 0.875. The number of ether oxygens (including phenoxy) is 2. The standard InChI is InChI=1S/C24H45O6P/c1-4-5-6-7-8-9-10-11-12-13-14-15-16-17-18-19-22(25)28-20(2)23(26)29-21(3)24(27)30-31/h20-21H,4-19,31H2,1-3H3/t20-,21-/m0/s1. The molecule has 0 rings (SSSR count). The monoisotopic (exact) mass is 460 g/mol. The van der Waals surface area contributed by atoms with Crippen molar-refractivity contribution in [1.82, 2.24) is 0 Å². The fourth-order valence-corrected chi connectivity index (χ4v) is 3.55. The molecular formula is C24H45O6P. The molecule has 0 amide bonds. The van der Waals surface area contributed by atoms with Gasteiger partial charge in [0.15, 0.2) is 12.2 Å². The number of esters is 2. The molecule has 6 nitrogen and oxygen atoms in total. The molecule has 1 unspecified atom stereocenters. The topological polar surface area (TPSA) is 78.9 Å². The lowest BCUT2D eigenvalue weighted by molar-refractivity contribution is -0.173. The Bertz CT molecular complexity index is 483. The highest BCUT2D eigenvalue weighted by atomic mass is 31.0. The van der Waals surface area contributed by atoms with Crippen molar-refractivity contribution in [1.29, 1.82) is 0 Å². The summed E-state index contributed by atoms with van der Waals surface area (Å²) in [6.07, 6.45) is 17.2. The fourth-order valence-electron chi connectivity index (χ4n) is 3.36. The first kappa shape index (κ1) is 29.8. The van der Waals surface area contributed by atoms with Crippen LogP contribution in [0.3, 0.4) is 0 Å². The van der Waals surface area contributed by atoms with Gasteiger partial charge in [0.25, 0.3) is 0 Å². The van der Waals surface area contributed by atoms with E-state index in [1.54, 1.807) is 9.47 Å². The third kappa shape index (κ3) is 18.1. The summed E-state index contributed by atoms with van der Waals surface area (Å²) >= 11 is 0. The van der Waals surface area contributed by atoms with E-state index in [0.717, 1.165) is 19.3 Å². The molecule has 0 aliphatic heterocycles. The predicted octanol–water partition coefficient (Wildman–Crippen LogP) is 6.44. The molecule has 0 radical (unpaired) electrons. The van der Waals surface area contributed by atoms with E-state index >= 15 is 0 Å². The van der Waals surface area contributed by atoms with E-state index in [1.165, 1.54) is 90.9 Å². The van der Waals surface area contributed by atoms with E-state index in [0.29, 0.717) is 6.42 Å². The summed E-state index contributed by atoms with van der Waals surface area (Å²) < 4.78 is 14.4. The predicted molar refractivity (Wildman–Crippen MR) is 126 cm³/mol. The van der Waals surface area contributed by atoms with E-state index in [4.69, 9.17) is 9.47 Å². The van der Waals surface area contributed by atoms with Gasteiger partial charge in [0.05, 0.1) is 9.47 Å². The molecule has 0 fully saturated rings. The van der Waals surface area contributed by atoms with Gasteiger partial charge in [-0.05, 0) is 20.3 Å². The van der Waals surface area contributed by atoms with Gasteiger partial charge >= 0.3 is 17.9 Å². The molecule has 0 heterocycles. The lowest BCUT2D eigenvalue weighted by Crippen LogP contribution is -2.32. The van der Waals surface area contributed by atoms with Crippen molar-refractivity contribution in [3.63, 3.8) is 0 Å². The Morgan fingerprint density at radius 2 is 1.00 bits per heavy atom. The van der Waals surface area contributed by atoms with Crippen LogP contribution in [0.15, 0.2) is 0 Å². The molecule has 182 valence electrons. The molecule has 0 N–H and O–H groups in total. The highest BCUT2D eigenvalue weighted by molar-refractivity contribution is 7.10. The van der Waals surface area contributed by atoms with Crippen LogP contribution in [0.5, 0.6) is 0 Å². The largest absolute Gasteiger partial charge is 0.451 e. The van der Waals surface area contributed by atoms with Crippen LogP contribution in [0.1, 0.15) is 124 Å². The summed E-state index contributed by atoms with van der Waals surface area (Å²) in [5, 5.41) is 0. The first-order chi connectivity index (χ1) is 14.9. The molecule has 0 aliphatic carbocycles. The first-order valence-corrected chi connectivity index (χ1v) is 12.7. The molecule has 0 aliphatic rings. The summed E-state index contributed by atoms with van der Waals surface area (Å²) in [6.45, 7) is 5.09. The molecule has 0 spiro atoms. The summed E-state index contributed by atoms with van der Waals surface area (Å²) in [5.41, 5.74) is 0. The molecule has 0 saturated heterocycles. The average molecular weight is 461 g/mol. The average Bonchev–Trinajstić information content (AvgIpc) is 2.75. The third-order valence-corrected chi connectivity index (χ3v) is 5.60. The molecule has 0 aromatic carbocycles. The van der Waals surface area contributed by atoms with Gasteiger partial charge < -0.3 is 14.0 Å². The van der Waals surface area contributed by atoms with Crippen molar-refractivity contribution in [2.75, 3.05) is 0 Å². The van der Waals surface area contributed by atoms with Crippen LogP contribution >= 0.6 is 9.47 Å². The van der Waals surface area contributed by atoms with Gasteiger partial charge in [0.1, 0.15) is 0 Å². The minimum Gasteiger partial charge on any atom is -0.451 e. The van der Waals surface area contributed by atoms with Crippen LogP contribution in [0, 0.1) is 0 Å². The van der Waals surface area contributed by atoms with Gasteiger partial charge in [-0.25, -0.2) is 9.59 Å². The summed E-state index contributed by atoms with van der Waals surface area (Å²) in [7, 11) is 1.80. The number of carbonyl (C=O) groups is 3. The van der Waals surface area contributed by atoms with Crippen LogP contribution in [0.4, 0.5) is 0 Å². The highest BCUT2D eigenvalue weighted by Crippen LogP contribution is 2.14. The Labute approximate surface area is 191 Å². The maximum absolute atomic E-state index is 11.8. The van der Waals surface area contributed by atoms with Crippen LogP contribution in [0.2, 0.25) is 0 Å². The Morgan fingerprint density at radius 3 is 1.42 bits per heavy atom. The molecule has 0 bridgehead atoms. The molecule has 0 aromatic heterocycles. The molecule has 7 heteroatoms. The number of hydrogen-bond donors (Lipinski definition) is 0. The molecule has 3 atom stereocenters. The Balaban J connectivity index is 3.51. The maximum atomic E-state index is 11.8. The minimum absolute atomic E-state index is 0.291. The van der Waals surface area contributed by atoms with Gasteiger partial charge in [-0.2, -0.15) is 0 Å². The second-order valence-electron chi connectivity index (χ2n) is 8.35. The lowest BCUT2D eigenvalue weighted by atomic mass is 10.0. The smallest absolute Gasteiger partial charge is 0.349 e. The zero-order valence-corrected chi connectivity index (χ0v) is 21.1. The third-order valence-electron chi connectivity index (χ3n) is 5.37. The molecule has 0 saturated carbocycles. The first-order valence-electron chi connectivity index (χ1n) is 12.2. The Kier molecular flexibility index (Phi) is 20.0. The number of carbonyl (C=O) groups excluding carboxylic acids is 3. The zero-order valence-electron chi connectivity index (χ0n) is 20.0. The summed E-state index contributed by atoms with van der Waals surface area (Å²) in [4.78, 5) is 34.9. The van der Waals surface area contributed by atoms with Gasteiger partial charge in [0, 0.05) is 6.42 Å². The highest BCUT2D eigenvalue weighted by Gasteiger charge is 2.24. The van der Waals surface area contributed by atoms with E-state index < -0.39 is 30.1 Å². The van der Waals surface area contributed by atoms with Gasteiger partial charge in [-0.1, -0.05) is 96.8 Å². The van der Waals surface area contributed by atoms with Crippen molar-refractivity contribution in [2.45, 2.75) is 136 Å². The van der Waals surface area contributed by atoms with Crippen molar-refractivity contribution >= 4 is 27.4 Å². The number of hydrogen-bond acceptors (Lipinski definition) is 6. The number of unbranched alkanes of at least 4 members (excludes halogenated alkanes) is 14. The number of rotatable bonds is 20. The molecule has 0 aromatic rings. The van der Waals surface area contributed by atoms with Crippen molar-refractivity contribution < 1.29 is 28.4 Å². The molecule has 31 heavy (non-hydrogen) atoms. The summed E-state index contributed by atoms with van der Waals surface area (Å²) in [6, 6.07) is 0. The van der Waals surface area contributed by atoms with E-state index in [9.17, 15) is 14.4 Å². The van der Waals surface area contributed by atoms with Gasteiger partial charge in [0.2, 0.25) is 0 Å². The van der Waals surface area contributed by atoms with Crippen LogP contribution < -0.4 is 0 Å². The second kappa shape index (κ2) is 20.7. The van der Waals surface area contributed by atoms with Crippen LogP contribution in [-0.4, -0.2) is 30.1 Å². The van der Waals surface area contributed by atoms with E-state index in [1.807, 2.05) is 0 Å². The lowest BCUT2D eigenvalue weighted by Gasteiger charge is -2.15. The maximum Gasteiger partial charge on any atom is 0.349 e. The zero-order chi connectivity index (χ0) is 23.3. The van der Waals surface area contributed by atoms with E-state index in [2.05, 4.69) is 11.4 Å². The van der Waals surface area contributed by atoms with Crippen molar-refractivity contribution in [2.24, 2.45) is 0 Å². The normalized spacial score (nSPS) is 12.8. The van der Waals surface area contributed by atoms with Gasteiger partial charge in [-0.3, -0.25) is 4.79 Å². The second-order valence-corrected chi connectivity index (χ2v) is 8.58. The van der Waals surface area contributed by atoms with Crippen LogP contribution in [0.25, 0.3) is 0 Å². The van der Waals surface area contributed by atoms with Crippen LogP contribution in [-0.2, 0) is 28.4 Å². The molecular weight excluding hydrogens is 415 g/mol. The minimum atomic E-state index is -1.04. The quantitative estimate of drug-likeness (QED) is 0.118. The van der Waals surface area contributed by atoms with Crippen molar-refractivity contribution in [3.8, 4) is 0 Å².